The largest absolute Gasteiger partial charge is 0.342 e. The third-order valence-electron chi connectivity index (χ3n) is 1.70. The van der Waals surface area contributed by atoms with Crippen molar-refractivity contribution in [3.8, 4) is 0 Å². The van der Waals surface area contributed by atoms with E-state index in [2.05, 4.69) is 4.72 Å². The first kappa shape index (κ1) is 13.7. The van der Waals surface area contributed by atoms with E-state index in [4.69, 9.17) is 11.6 Å². The molecule has 0 aliphatic rings. The molecule has 0 aliphatic carbocycles. The molecule has 1 amide bonds. The molecule has 84 valence electrons. The Morgan fingerprint density at radius 3 is 2.21 bits per heavy atom. The van der Waals surface area contributed by atoms with E-state index in [0.29, 0.717) is 13.1 Å². The number of amides is 1. The summed E-state index contributed by atoms with van der Waals surface area (Å²) < 4.78 is 23.9. The molecule has 0 unspecified atom stereocenters. The smallest absolute Gasteiger partial charge is 0.237 e. The highest BCUT2D eigenvalue weighted by Crippen LogP contribution is 1.91. The minimum atomic E-state index is -3.50. The Morgan fingerprint density at radius 2 is 1.86 bits per heavy atom. The highest BCUT2D eigenvalue weighted by Gasteiger charge is 2.13. The lowest BCUT2D eigenvalue weighted by atomic mass is 10.4. The van der Waals surface area contributed by atoms with Gasteiger partial charge in [-0.3, -0.25) is 4.79 Å². The van der Waals surface area contributed by atoms with E-state index in [1.807, 2.05) is 13.8 Å². The third-order valence-corrected chi connectivity index (χ3v) is 3.44. The van der Waals surface area contributed by atoms with Crippen LogP contribution in [0.4, 0.5) is 0 Å². The molecule has 0 aliphatic heterocycles. The number of sulfonamides is 1. The lowest BCUT2D eigenvalue weighted by Gasteiger charge is -2.18. The van der Waals surface area contributed by atoms with E-state index in [1.165, 1.54) is 4.90 Å². The lowest BCUT2D eigenvalue weighted by molar-refractivity contribution is -0.129. The molecule has 1 N–H and O–H groups in total. The first-order valence-corrected chi connectivity index (χ1v) is 6.46. The fourth-order valence-corrected chi connectivity index (χ4v) is 1.55. The molecule has 0 bridgehead atoms. The van der Waals surface area contributed by atoms with E-state index in [-0.39, 0.29) is 12.5 Å². The second kappa shape index (κ2) is 6.21. The van der Waals surface area contributed by atoms with Gasteiger partial charge in [-0.15, -0.1) is 11.6 Å². The van der Waals surface area contributed by atoms with Crippen molar-refractivity contribution in [2.75, 3.05) is 24.8 Å². The molecule has 0 aromatic rings. The first-order valence-electron chi connectivity index (χ1n) is 4.27. The van der Waals surface area contributed by atoms with Crippen molar-refractivity contribution in [1.29, 1.82) is 0 Å². The Hall–Kier alpha value is -0.330. The maximum atomic E-state index is 11.3. The monoisotopic (exact) mass is 242 g/mol. The van der Waals surface area contributed by atoms with Crippen molar-refractivity contribution < 1.29 is 13.2 Å². The number of carbonyl (C=O) groups excluding carboxylic acids is 1. The van der Waals surface area contributed by atoms with E-state index in [1.54, 1.807) is 0 Å². The topological polar surface area (TPSA) is 66.5 Å². The molecule has 0 saturated heterocycles. The van der Waals surface area contributed by atoms with Crippen molar-refractivity contribution in [2.45, 2.75) is 13.8 Å². The van der Waals surface area contributed by atoms with Crippen molar-refractivity contribution in [2.24, 2.45) is 0 Å². The van der Waals surface area contributed by atoms with Gasteiger partial charge in [-0.2, -0.15) is 0 Å². The molecule has 0 spiro atoms. The second-order valence-corrected chi connectivity index (χ2v) is 5.00. The van der Waals surface area contributed by atoms with Crippen molar-refractivity contribution in [3.63, 3.8) is 0 Å². The molecule has 0 atom stereocenters. The van der Waals surface area contributed by atoms with Gasteiger partial charge < -0.3 is 4.90 Å². The maximum absolute atomic E-state index is 11.3. The van der Waals surface area contributed by atoms with Gasteiger partial charge in [0, 0.05) is 13.1 Å². The number of nitrogens with one attached hydrogen (secondary N) is 1. The Morgan fingerprint density at radius 1 is 1.36 bits per heavy atom. The van der Waals surface area contributed by atoms with Gasteiger partial charge >= 0.3 is 0 Å². The molecule has 0 aromatic carbocycles. The van der Waals surface area contributed by atoms with Gasteiger partial charge in [0.2, 0.25) is 15.9 Å². The maximum Gasteiger partial charge on any atom is 0.237 e. The van der Waals surface area contributed by atoms with Gasteiger partial charge in [0.1, 0.15) is 5.21 Å². The molecule has 0 fully saturated rings. The molecule has 0 aromatic heterocycles. The van der Waals surface area contributed by atoms with Gasteiger partial charge in [0.05, 0.1) is 6.54 Å². The highest BCUT2D eigenvalue weighted by atomic mass is 35.5. The number of nitrogens with zero attached hydrogens (tertiary/aromatic N) is 1. The number of likely N-dealkylation sites (N-methyl/N-ethyl adjacent to an activating group) is 1. The number of hydrogen-bond donors (Lipinski definition) is 1. The average Bonchev–Trinajstić information content (AvgIpc) is 2.17. The van der Waals surface area contributed by atoms with E-state index in [0.717, 1.165) is 0 Å². The molecule has 0 radical (unpaired) electrons. The summed E-state index contributed by atoms with van der Waals surface area (Å²) in [4.78, 5) is 12.9. The summed E-state index contributed by atoms with van der Waals surface area (Å²) in [5, 5.41) is -0.529. The molecule has 14 heavy (non-hydrogen) atoms. The number of carbonyl (C=O) groups is 1. The molecule has 0 rings (SSSR count). The second-order valence-electron chi connectivity index (χ2n) is 2.61. The quantitative estimate of drug-likeness (QED) is 0.666. The Labute approximate surface area is 89.5 Å². The van der Waals surface area contributed by atoms with Crippen LogP contribution in [0.15, 0.2) is 0 Å². The van der Waals surface area contributed by atoms with Gasteiger partial charge in [-0.25, -0.2) is 13.1 Å². The van der Waals surface area contributed by atoms with Crippen molar-refractivity contribution >= 4 is 27.5 Å². The molecule has 0 saturated carbocycles. The molecule has 5 nitrogen and oxygen atoms in total. The minimum Gasteiger partial charge on any atom is -0.342 e. The van der Waals surface area contributed by atoms with Crippen LogP contribution in [0.3, 0.4) is 0 Å². The SMILES string of the molecule is CCN(CC)C(=O)CNS(=O)(=O)CCl. The van der Waals surface area contributed by atoms with Gasteiger partial charge in [-0.05, 0) is 13.8 Å². The first-order chi connectivity index (χ1) is 6.46. The highest BCUT2D eigenvalue weighted by molar-refractivity contribution is 7.90. The summed E-state index contributed by atoms with van der Waals surface area (Å²) in [5.74, 6) is -0.247. The van der Waals surface area contributed by atoms with Gasteiger partial charge in [0.25, 0.3) is 0 Å². The Kier molecular flexibility index (Phi) is 6.06. The van der Waals surface area contributed by atoms with Crippen LogP contribution in [0.1, 0.15) is 13.8 Å². The third kappa shape index (κ3) is 4.78. The van der Waals surface area contributed by atoms with Crippen LogP contribution in [0, 0.1) is 0 Å². The molecule has 7 heteroatoms. The number of rotatable bonds is 6. The average molecular weight is 243 g/mol. The fraction of sp³-hybridized carbons (Fsp3) is 0.857. The zero-order valence-corrected chi connectivity index (χ0v) is 9.86. The summed E-state index contributed by atoms with van der Waals surface area (Å²) in [5.41, 5.74) is 0. The standard InChI is InChI=1S/C7H15ClN2O3S/c1-3-10(4-2)7(11)5-9-14(12,13)6-8/h9H,3-6H2,1-2H3. The van der Waals surface area contributed by atoms with Crippen LogP contribution < -0.4 is 4.72 Å². The van der Waals surface area contributed by atoms with Crippen LogP contribution in [-0.4, -0.2) is 44.1 Å². The normalized spacial score (nSPS) is 11.4. The molecular formula is C7H15ClN2O3S. The van der Waals surface area contributed by atoms with Crippen molar-refractivity contribution in [1.82, 2.24) is 9.62 Å². The van der Waals surface area contributed by atoms with Crippen LogP contribution in [0.25, 0.3) is 0 Å². The van der Waals surface area contributed by atoms with E-state index >= 15 is 0 Å². The van der Waals surface area contributed by atoms with E-state index in [9.17, 15) is 13.2 Å². The molecular weight excluding hydrogens is 228 g/mol. The number of hydrogen-bond acceptors (Lipinski definition) is 3. The predicted molar refractivity (Wildman–Crippen MR) is 55.6 cm³/mol. The summed E-state index contributed by atoms with van der Waals surface area (Å²) in [7, 11) is -3.50. The van der Waals surface area contributed by atoms with Crippen LogP contribution in [-0.2, 0) is 14.8 Å². The van der Waals surface area contributed by atoms with E-state index < -0.39 is 15.2 Å². The molecule has 0 heterocycles. The summed E-state index contributed by atoms with van der Waals surface area (Å²) >= 11 is 5.15. The zero-order valence-electron chi connectivity index (χ0n) is 8.29. The minimum absolute atomic E-state index is 0.225. The van der Waals surface area contributed by atoms with Gasteiger partial charge in [-0.1, -0.05) is 0 Å². The number of halogens is 1. The van der Waals surface area contributed by atoms with Gasteiger partial charge in [0.15, 0.2) is 0 Å². The summed E-state index contributed by atoms with van der Waals surface area (Å²) in [6.45, 7) is 4.57. The van der Waals surface area contributed by atoms with Crippen LogP contribution in [0.2, 0.25) is 0 Å². The zero-order chi connectivity index (χ0) is 11.2. The summed E-state index contributed by atoms with van der Waals surface area (Å²) in [6.07, 6.45) is 0. The lowest BCUT2D eigenvalue weighted by Crippen LogP contribution is -2.40. The summed E-state index contributed by atoms with van der Waals surface area (Å²) in [6, 6.07) is 0. The number of alkyl halides is 1. The predicted octanol–water partition coefficient (Wildman–Crippen LogP) is -0.0295. The van der Waals surface area contributed by atoms with Crippen LogP contribution in [0.5, 0.6) is 0 Å². The van der Waals surface area contributed by atoms with Crippen molar-refractivity contribution in [3.05, 3.63) is 0 Å². The fourth-order valence-electron chi connectivity index (χ4n) is 0.898. The Bertz CT molecular complexity index is 275. The Balaban J connectivity index is 4.08. The van der Waals surface area contributed by atoms with Crippen LogP contribution >= 0.6 is 11.6 Å².